The molecule has 3 rings (SSSR count). The first-order valence-corrected chi connectivity index (χ1v) is 7.54. The van der Waals surface area contributed by atoms with E-state index in [2.05, 4.69) is 11.0 Å². The van der Waals surface area contributed by atoms with Crippen molar-refractivity contribution in [3.05, 3.63) is 24.2 Å². The molecule has 0 aliphatic carbocycles. The van der Waals surface area contributed by atoms with Gasteiger partial charge in [0.2, 0.25) is 0 Å². The van der Waals surface area contributed by atoms with Gasteiger partial charge in [-0.2, -0.15) is 0 Å². The molecule has 1 amide bonds. The molecule has 1 aromatic heterocycles. The molecule has 2 fully saturated rings. The van der Waals surface area contributed by atoms with Crippen LogP contribution in [-0.4, -0.2) is 48.7 Å². The van der Waals surface area contributed by atoms with Crippen LogP contribution in [0.1, 0.15) is 37.5 Å². The quantitative estimate of drug-likeness (QED) is 0.849. The highest BCUT2D eigenvalue weighted by molar-refractivity contribution is 5.69. The van der Waals surface area contributed by atoms with Crippen LogP contribution in [0, 0.1) is 0 Å². The van der Waals surface area contributed by atoms with E-state index in [9.17, 15) is 4.79 Å². The first-order valence-electron chi connectivity index (χ1n) is 7.54. The van der Waals surface area contributed by atoms with Crippen LogP contribution in [0.2, 0.25) is 0 Å². The van der Waals surface area contributed by atoms with Gasteiger partial charge in [0.15, 0.2) is 0 Å². The maximum Gasteiger partial charge on any atom is 0.409 e. The van der Waals surface area contributed by atoms with E-state index in [0.717, 1.165) is 38.4 Å². The minimum atomic E-state index is -0.172. The smallest absolute Gasteiger partial charge is 0.409 e. The molecule has 1 aromatic rings. The Balaban J connectivity index is 1.63. The average molecular weight is 278 g/mol. The Hall–Kier alpha value is -1.49. The summed E-state index contributed by atoms with van der Waals surface area (Å²) in [6, 6.07) is 4.37. The molecule has 2 saturated heterocycles. The standard InChI is InChI=1S/C15H22N2O3/c18-15-17(10-12-20-15)9-8-16-7-3-1-2-5-13(16)14-6-4-11-19-14/h4,6,11,13H,1-3,5,7-10,12H2/t13-/m0/s1. The van der Waals surface area contributed by atoms with Gasteiger partial charge in [0.1, 0.15) is 12.4 Å². The molecule has 0 unspecified atom stereocenters. The number of ether oxygens (including phenoxy) is 1. The lowest BCUT2D eigenvalue weighted by atomic mass is 10.1. The summed E-state index contributed by atoms with van der Waals surface area (Å²) in [5.41, 5.74) is 0. The predicted octanol–water partition coefficient (Wildman–Crippen LogP) is 2.65. The summed E-state index contributed by atoms with van der Waals surface area (Å²) >= 11 is 0. The third-order valence-corrected chi connectivity index (χ3v) is 4.24. The van der Waals surface area contributed by atoms with Gasteiger partial charge in [-0.3, -0.25) is 4.90 Å². The zero-order valence-electron chi connectivity index (χ0n) is 11.8. The Morgan fingerprint density at radius 2 is 2.15 bits per heavy atom. The summed E-state index contributed by atoms with van der Waals surface area (Å²) in [6.45, 7) is 3.96. The minimum Gasteiger partial charge on any atom is -0.468 e. The molecule has 0 aromatic carbocycles. The van der Waals surface area contributed by atoms with E-state index in [1.54, 1.807) is 11.2 Å². The molecular weight excluding hydrogens is 256 g/mol. The number of amides is 1. The van der Waals surface area contributed by atoms with E-state index < -0.39 is 0 Å². The van der Waals surface area contributed by atoms with Crippen LogP contribution in [0.4, 0.5) is 4.79 Å². The Labute approximate surface area is 119 Å². The first kappa shape index (κ1) is 13.5. The third kappa shape index (κ3) is 2.98. The van der Waals surface area contributed by atoms with Crippen molar-refractivity contribution in [2.75, 3.05) is 32.8 Å². The molecule has 0 saturated carbocycles. The molecule has 0 N–H and O–H groups in total. The fourth-order valence-electron chi connectivity index (χ4n) is 3.12. The summed E-state index contributed by atoms with van der Waals surface area (Å²) in [7, 11) is 0. The number of cyclic esters (lactones) is 1. The number of carbonyl (C=O) groups excluding carboxylic acids is 1. The van der Waals surface area contributed by atoms with Crippen LogP contribution in [0.3, 0.4) is 0 Å². The third-order valence-electron chi connectivity index (χ3n) is 4.24. The number of hydrogen-bond acceptors (Lipinski definition) is 4. The van der Waals surface area contributed by atoms with Crippen molar-refractivity contribution in [2.45, 2.75) is 31.7 Å². The van der Waals surface area contributed by atoms with Crippen molar-refractivity contribution in [1.82, 2.24) is 9.80 Å². The molecule has 5 nitrogen and oxygen atoms in total. The SMILES string of the molecule is O=C1OCCN1CCN1CCCCC[C@H]1c1ccco1. The summed E-state index contributed by atoms with van der Waals surface area (Å²) in [5.74, 6) is 1.05. The number of furan rings is 1. The highest BCUT2D eigenvalue weighted by Gasteiger charge is 2.27. The second-order valence-electron chi connectivity index (χ2n) is 5.52. The zero-order valence-corrected chi connectivity index (χ0v) is 11.8. The average Bonchev–Trinajstić information content (AvgIpc) is 3.05. The summed E-state index contributed by atoms with van der Waals surface area (Å²) in [4.78, 5) is 15.7. The highest BCUT2D eigenvalue weighted by Crippen LogP contribution is 2.30. The lowest BCUT2D eigenvalue weighted by Crippen LogP contribution is -2.37. The van der Waals surface area contributed by atoms with Crippen molar-refractivity contribution in [1.29, 1.82) is 0 Å². The van der Waals surface area contributed by atoms with Gasteiger partial charge in [0, 0.05) is 13.1 Å². The van der Waals surface area contributed by atoms with Gasteiger partial charge in [-0.25, -0.2) is 4.79 Å². The predicted molar refractivity (Wildman–Crippen MR) is 74.4 cm³/mol. The molecule has 1 atom stereocenters. The van der Waals surface area contributed by atoms with Crippen molar-refractivity contribution in [2.24, 2.45) is 0 Å². The van der Waals surface area contributed by atoms with Crippen molar-refractivity contribution >= 4 is 6.09 Å². The Morgan fingerprint density at radius 3 is 2.90 bits per heavy atom. The zero-order chi connectivity index (χ0) is 13.8. The molecule has 0 spiro atoms. The first-order chi connectivity index (χ1) is 9.84. The van der Waals surface area contributed by atoms with Crippen molar-refractivity contribution in [3.8, 4) is 0 Å². The van der Waals surface area contributed by atoms with Crippen molar-refractivity contribution < 1.29 is 13.9 Å². The maximum absolute atomic E-state index is 11.5. The molecule has 110 valence electrons. The van der Waals surface area contributed by atoms with E-state index in [1.165, 1.54) is 19.3 Å². The Kier molecular flexibility index (Phi) is 4.25. The van der Waals surface area contributed by atoms with E-state index in [-0.39, 0.29) is 6.09 Å². The van der Waals surface area contributed by atoms with Gasteiger partial charge < -0.3 is 14.1 Å². The van der Waals surface area contributed by atoms with Crippen LogP contribution < -0.4 is 0 Å². The topological polar surface area (TPSA) is 45.9 Å². The van der Waals surface area contributed by atoms with E-state index in [4.69, 9.17) is 9.15 Å². The fraction of sp³-hybridized carbons (Fsp3) is 0.667. The van der Waals surface area contributed by atoms with Gasteiger partial charge in [0.05, 0.1) is 18.8 Å². The normalized spacial score (nSPS) is 24.7. The number of hydrogen-bond donors (Lipinski definition) is 0. The van der Waals surface area contributed by atoms with E-state index >= 15 is 0 Å². The molecular formula is C15H22N2O3. The minimum absolute atomic E-state index is 0.172. The van der Waals surface area contributed by atoms with Crippen LogP contribution >= 0.6 is 0 Å². The Morgan fingerprint density at radius 1 is 1.20 bits per heavy atom. The van der Waals surface area contributed by atoms with Crippen molar-refractivity contribution in [3.63, 3.8) is 0 Å². The number of nitrogens with zero attached hydrogens (tertiary/aromatic N) is 2. The summed E-state index contributed by atoms with van der Waals surface area (Å²) < 4.78 is 10.6. The van der Waals surface area contributed by atoms with Gasteiger partial charge in [-0.1, -0.05) is 12.8 Å². The maximum atomic E-state index is 11.5. The molecule has 0 bridgehead atoms. The molecule has 2 aliphatic heterocycles. The molecule has 20 heavy (non-hydrogen) atoms. The number of carbonyl (C=O) groups is 1. The van der Waals surface area contributed by atoms with Crippen LogP contribution in [-0.2, 0) is 4.74 Å². The van der Waals surface area contributed by atoms with E-state index in [1.807, 2.05) is 6.07 Å². The lowest BCUT2D eigenvalue weighted by Gasteiger charge is -2.29. The van der Waals surface area contributed by atoms with E-state index in [0.29, 0.717) is 12.6 Å². The molecule has 5 heteroatoms. The summed E-state index contributed by atoms with van der Waals surface area (Å²) in [5, 5.41) is 0. The van der Waals surface area contributed by atoms with Gasteiger partial charge in [-0.15, -0.1) is 0 Å². The lowest BCUT2D eigenvalue weighted by molar-refractivity contribution is 0.140. The summed E-state index contributed by atoms with van der Waals surface area (Å²) in [6.07, 6.45) is 6.46. The van der Waals surface area contributed by atoms with Gasteiger partial charge >= 0.3 is 6.09 Å². The second kappa shape index (κ2) is 6.31. The Bertz CT molecular complexity index is 432. The van der Waals surface area contributed by atoms with Crippen LogP contribution in [0.5, 0.6) is 0 Å². The molecule has 2 aliphatic rings. The second-order valence-corrected chi connectivity index (χ2v) is 5.52. The molecule has 0 radical (unpaired) electrons. The number of rotatable bonds is 4. The monoisotopic (exact) mass is 278 g/mol. The van der Waals surface area contributed by atoms with Gasteiger partial charge in [0.25, 0.3) is 0 Å². The largest absolute Gasteiger partial charge is 0.468 e. The van der Waals surface area contributed by atoms with Gasteiger partial charge in [-0.05, 0) is 31.5 Å². The highest BCUT2D eigenvalue weighted by atomic mass is 16.6. The fourth-order valence-corrected chi connectivity index (χ4v) is 3.12. The van der Waals surface area contributed by atoms with Crippen LogP contribution in [0.15, 0.2) is 22.8 Å². The van der Waals surface area contributed by atoms with Crippen LogP contribution in [0.25, 0.3) is 0 Å². The molecule has 3 heterocycles. The number of likely N-dealkylation sites (tertiary alicyclic amines) is 1.